The molecule has 0 aromatic carbocycles. The van der Waals surface area contributed by atoms with Crippen molar-refractivity contribution in [3.8, 4) is 0 Å². The number of nitrogens with one attached hydrogen (secondary N) is 1. The summed E-state index contributed by atoms with van der Waals surface area (Å²) in [4.78, 5) is 37.4. The third-order valence-corrected chi connectivity index (χ3v) is 5.51. The SMILES string of the molecule is CCC(CC)(CNC(=O)N1C[C@H](C(N)=O)[C@@H](c2cnn(C)c2)C1)C(=O)O. The van der Waals surface area contributed by atoms with Crippen LogP contribution in [0, 0.1) is 11.3 Å². The first-order chi connectivity index (χ1) is 12.2. The number of carbonyl (C=O) groups is 3. The third-order valence-electron chi connectivity index (χ3n) is 5.51. The van der Waals surface area contributed by atoms with Gasteiger partial charge in [0.15, 0.2) is 0 Å². The molecular formula is C17H27N5O4. The van der Waals surface area contributed by atoms with Crippen LogP contribution in [0.5, 0.6) is 0 Å². The molecule has 144 valence electrons. The summed E-state index contributed by atoms with van der Waals surface area (Å²) in [5.74, 6) is -2.09. The summed E-state index contributed by atoms with van der Waals surface area (Å²) in [6, 6.07) is -0.379. The van der Waals surface area contributed by atoms with E-state index in [2.05, 4.69) is 10.4 Å². The number of carbonyl (C=O) groups excluding carboxylic acids is 2. The van der Waals surface area contributed by atoms with Crippen LogP contribution in [-0.4, -0.2) is 57.3 Å². The zero-order valence-electron chi connectivity index (χ0n) is 15.4. The second-order valence-corrected chi connectivity index (χ2v) is 6.92. The van der Waals surface area contributed by atoms with Gasteiger partial charge in [0.1, 0.15) is 0 Å². The summed E-state index contributed by atoms with van der Waals surface area (Å²) < 4.78 is 1.64. The molecule has 0 aliphatic carbocycles. The molecule has 1 aromatic rings. The molecule has 0 saturated carbocycles. The maximum absolute atomic E-state index is 12.5. The highest BCUT2D eigenvalue weighted by Crippen LogP contribution is 2.32. The number of urea groups is 1. The smallest absolute Gasteiger partial charge is 0.317 e. The molecule has 0 bridgehead atoms. The van der Waals surface area contributed by atoms with E-state index in [1.165, 1.54) is 4.90 Å². The van der Waals surface area contributed by atoms with Gasteiger partial charge in [0.2, 0.25) is 5.91 Å². The number of nitrogens with zero attached hydrogens (tertiary/aromatic N) is 3. The lowest BCUT2D eigenvalue weighted by Crippen LogP contribution is -2.47. The number of aryl methyl sites for hydroxylation is 1. The topological polar surface area (TPSA) is 131 Å². The van der Waals surface area contributed by atoms with E-state index in [0.29, 0.717) is 19.4 Å². The van der Waals surface area contributed by atoms with Crippen LogP contribution in [0.3, 0.4) is 0 Å². The van der Waals surface area contributed by atoms with Crippen LogP contribution in [0.1, 0.15) is 38.2 Å². The number of primary amides is 1. The number of nitrogens with two attached hydrogens (primary N) is 1. The summed E-state index contributed by atoms with van der Waals surface area (Å²) >= 11 is 0. The highest BCUT2D eigenvalue weighted by atomic mass is 16.4. The molecule has 1 aromatic heterocycles. The van der Waals surface area contributed by atoms with Gasteiger partial charge in [0.25, 0.3) is 0 Å². The molecule has 4 N–H and O–H groups in total. The van der Waals surface area contributed by atoms with Gasteiger partial charge >= 0.3 is 12.0 Å². The molecule has 1 aliphatic heterocycles. The second kappa shape index (κ2) is 7.76. The number of carboxylic acid groups (broad SMARTS) is 1. The highest BCUT2D eigenvalue weighted by Gasteiger charge is 2.41. The Bertz CT molecular complexity index is 682. The molecule has 1 saturated heterocycles. The number of hydrogen-bond acceptors (Lipinski definition) is 4. The number of amides is 3. The van der Waals surface area contributed by atoms with E-state index in [1.54, 1.807) is 31.8 Å². The van der Waals surface area contributed by atoms with E-state index in [-0.39, 0.29) is 25.0 Å². The minimum absolute atomic E-state index is 0.0451. The molecule has 1 fully saturated rings. The van der Waals surface area contributed by atoms with Gasteiger partial charge in [-0.25, -0.2) is 4.79 Å². The van der Waals surface area contributed by atoms with Crippen molar-refractivity contribution in [1.29, 1.82) is 0 Å². The number of rotatable bonds is 7. The number of hydrogen-bond donors (Lipinski definition) is 3. The fraction of sp³-hybridized carbons (Fsp3) is 0.647. The van der Waals surface area contributed by atoms with Crippen LogP contribution in [0.4, 0.5) is 4.79 Å². The fourth-order valence-electron chi connectivity index (χ4n) is 3.46. The zero-order valence-corrected chi connectivity index (χ0v) is 15.4. The van der Waals surface area contributed by atoms with Crippen molar-refractivity contribution in [2.75, 3.05) is 19.6 Å². The predicted molar refractivity (Wildman–Crippen MR) is 94.3 cm³/mol. The zero-order chi connectivity index (χ0) is 19.5. The summed E-state index contributed by atoms with van der Waals surface area (Å²) in [5.41, 5.74) is 5.39. The van der Waals surface area contributed by atoms with Gasteiger partial charge in [0, 0.05) is 38.8 Å². The molecule has 0 unspecified atom stereocenters. The molecule has 26 heavy (non-hydrogen) atoms. The maximum Gasteiger partial charge on any atom is 0.317 e. The van der Waals surface area contributed by atoms with Gasteiger partial charge in [-0.05, 0) is 18.4 Å². The second-order valence-electron chi connectivity index (χ2n) is 6.92. The van der Waals surface area contributed by atoms with Gasteiger partial charge in [-0.3, -0.25) is 14.3 Å². The predicted octanol–water partition coefficient (Wildman–Crippen LogP) is 0.521. The number of likely N-dealkylation sites (tertiary alicyclic amines) is 1. The Hall–Kier alpha value is -2.58. The summed E-state index contributed by atoms with van der Waals surface area (Å²) in [5, 5.41) is 16.3. The minimum atomic E-state index is -0.985. The lowest BCUT2D eigenvalue weighted by Gasteiger charge is -2.28. The minimum Gasteiger partial charge on any atom is -0.481 e. The first-order valence-corrected chi connectivity index (χ1v) is 8.78. The van der Waals surface area contributed by atoms with Crippen molar-refractivity contribution in [3.05, 3.63) is 18.0 Å². The molecule has 2 atom stereocenters. The first kappa shape index (κ1) is 19.7. The monoisotopic (exact) mass is 365 g/mol. The molecule has 0 radical (unpaired) electrons. The van der Waals surface area contributed by atoms with Crippen LogP contribution in [-0.2, 0) is 16.6 Å². The molecule has 9 heteroatoms. The van der Waals surface area contributed by atoms with E-state index < -0.39 is 23.2 Å². The van der Waals surface area contributed by atoms with Gasteiger partial charge < -0.3 is 21.1 Å². The van der Waals surface area contributed by atoms with E-state index in [9.17, 15) is 19.5 Å². The number of aromatic nitrogens is 2. The third kappa shape index (κ3) is 3.81. The largest absolute Gasteiger partial charge is 0.481 e. The quantitative estimate of drug-likeness (QED) is 0.648. The Kier molecular flexibility index (Phi) is 5.89. The Morgan fingerprint density at radius 1 is 1.35 bits per heavy atom. The number of aliphatic carboxylic acids is 1. The molecule has 9 nitrogen and oxygen atoms in total. The highest BCUT2D eigenvalue weighted by molar-refractivity contribution is 5.82. The van der Waals surface area contributed by atoms with Crippen LogP contribution in [0.2, 0.25) is 0 Å². The lowest BCUT2D eigenvalue weighted by molar-refractivity contribution is -0.149. The van der Waals surface area contributed by atoms with Crippen LogP contribution < -0.4 is 11.1 Å². The molecule has 2 heterocycles. The standard InChI is InChI=1S/C17H27N5O4/c1-4-17(5-2,15(24)25)10-19-16(26)22-8-12(13(9-22)14(18)23)11-6-20-21(3)7-11/h6-7,12-13H,4-5,8-10H2,1-3H3,(H2,18,23)(H,19,26)(H,24,25)/t12-,13+/m1/s1. The van der Waals surface area contributed by atoms with Crippen molar-refractivity contribution in [2.24, 2.45) is 24.1 Å². The van der Waals surface area contributed by atoms with Crippen LogP contribution >= 0.6 is 0 Å². The Balaban J connectivity index is 2.08. The Labute approximate surface area is 152 Å². The molecule has 1 aliphatic rings. The van der Waals surface area contributed by atoms with Gasteiger partial charge in [-0.1, -0.05) is 13.8 Å². The van der Waals surface area contributed by atoms with E-state index in [0.717, 1.165) is 5.56 Å². The molecular weight excluding hydrogens is 338 g/mol. The Morgan fingerprint density at radius 2 is 2.00 bits per heavy atom. The van der Waals surface area contributed by atoms with Crippen molar-refractivity contribution in [2.45, 2.75) is 32.6 Å². The molecule has 3 amide bonds. The summed E-state index contributed by atoms with van der Waals surface area (Å²) in [6.07, 6.45) is 4.32. The van der Waals surface area contributed by atoms with Crippen molar-refractivity contribution in [3.63, 3.8) is 0 Å². The first-order valence-electron chi connectivity index (χ1n) is 8.78. The number of carboxylic acids is 1. The molecule has 0 spiro atoms. The normalized spacial score (nSPS) is 20.2. The van der Waals surface area contributed by atoms with Crippen molar-refractivity contribution >= 4 is 17.9 Å². The average molecular weight is 365 g/mol. The van der Waals surface area contributed by atoms with Gasteiger partial charge in [-0.15, -0.1) is 0 Å². The fourth-order valence-corrected chi connectivity index (χ4v) is 3.46. The summed E-state index contributed by atoms with van der Waals surface area (Å²) in [7, 11) is 1.78. The van der Waals surface area contributed by atoms with Gasteiger partial charge in [-0.2, -0.15) is 5.10 Å². The Morgan fingerprint density at radius 3 is 2.46 bits per heavy atom. The summed E-state index contributed by atoms with van der Waals surface area (Å²) in [6.45, 7) is 4.17. The van der Waals surface area contributed by atoms with E-state index in [1.807, 2.05) is 6.20 Å². The van der Waals surface area contributed by atoms with Crippen molar-refractivity contribution in [1.82, 2.24) is 20.0 Å². The average Bonchev–Trinajstić information content (AvgIpc) is 3.22. The maximum atomic E-state index is 12.5. The van der Waals surface area contributed by atoms with Crippen LogP contribution in [0.25, 0.3) is 0 Å². The van der Waals surface area contributed by atoms with Crippen molar-refractivity contribution < 1.29 is 19.5 Å². The lowest BCUT2D eigenvalue weighted by atomic mass is 9.82. The van der Waals surface area contributed by atoms with E-state index in [4.69, 9.17) is 5.73 Å². The van der Waals surface area contributed by atoms with Crippen LogP contribution in [0.15, 0.2) is 12.4 Å². The van der Waals surface area contributed by atoms with Gasteiger partial charge in [0.05, 0.1) is 17.5 Å². The van der Waals surface area contributed by atoms with E-state index >= 15 is 0 Å². The molecule has 2 rings (SSSR count).